The van der Waals surface area contributed by atoms with Gasteiger partial charge in [0.1, 0.15) is 5.69 Å². The highest BCUT2D eigenvalue weighted by Gasteiger charge is 2.35. The van der Waals surface area contributed by atoms with Crippen LogP contribution >= 0.6 is 23.2 Å². The minimum atomic E-state index is -4.80. The lowest BCUT2D eigenvalue weighted by Gasteiger charge is -2.11. The van der Waals surface area contributed by atoms with E-state index in [1.165, 1.54) is 18.2 Å². The van der Waals surface area contributed by atoms with E-state index in [0.29, 0.717) is 6.07 Å². The molecular weight excluding hydrogens is 305 g/mol. The van der Waals surface area contributed by atoms with Gasteiger partial charge in [0.25, 0.3) is 0 Å². The Kier molecular flexibility index (Phi) is 3.69. The molecule has 0 aliphatic heterocycles. The van der Waals surface area contributed by atoms with Crippen molar-refractivity contribution in [3.8, 4) is 11.3 Å². The monoisotopic (exact) mass is 309 g/mol. The fourth-order valence-electron chi connectivity index (χ4n) is 1.54. The standard InChI is InChI=1S/C12H5Cl2F4N/c13-8-3-1-2-6(9(8)14)11-10(15)7(4-5-19-11)12(16,17)18/h1-5H. The second-order valence-corrected chi connectivity index (χ2v) is 4.41. The van der Waals surface area contributed by atoms with Gasteiger partial charge in [0, 0.05) is 11.8 Å². The normalized spacial score (nSPS) is 11.7. The van der Waals surface area contributed by atoms with E-state index in [0.717, 1.165) is 6.20 Å². The molecule has 0 amide bonds. The molecule has 0 radical (unpaired) electrons. The van der Waals surface area contributed by atoms with Crippen molar-refractivity contribution in [3.05, 3.63) is 51.9 Å². The number of aromatic nitrogens is 1. The van der Waals surface area contributed by atoms with Gasteiger partial charge >= 0.3 is 6.18 Å². The second-order valence-electron chi connectivity index (χ2n) is 3.62. The molecule has 2 rings (SSSR count). The molecule has 1 aromatic carbocycles. The van der Waals surface area contributed by atoms with Gasteiger partial charge in [-0.1, -0.05) is 35.3 Å². The van der Waals surface area contributed by atoms with Crippen LogP contribution in [0, 0.1) is 5.82 Å². The van der Waals surface area contributed by atoms with E-state index in [-0.39, 0.29) is 15.6 Å². The molecule has 0 bridgehead atoms. The molecule has 100 valence electrons. The molecule has 1 nitrogen and oxygen atoms in total. The van der Waals surface area contributed by atoms with Gasteiger partial charge in [-0.25, -0.2) is 4.39 Å². The van der Waals surface area contributed by atoms with Gasteiger partial charge in [0.15, 0.2) is 5.82 Å². The molecule has 0 aliphatic carbocycles. The van der Waals surface area contributed by atoms with E-state index in [1.807, 2.05) is 0 Å². The Labute approximate surface area is 115 Å². The second kappa shape index (κ2) is 4.98. The zero-order valence-corrected chi connectivity index (χ0v) is 10.6. The van der Waals surface area contributed by atoms with Crippen molar-refractivity contribution >= 4 is 23.2 Å². The van der Waals surface area contributed by atoms with Crippen LogP contribution in [0.5, 0.6) is 0 Å². The highest BCUT2D eigenvalue weighted by Crippen LogP contribution is 2.38. The largest absolute Gasteiger partial charge is 0.419 e. The minimum absolute atomic E-state index is 0.0118. The van der Waals surface area contributed by atoms with E-state index >= 15 is 0 Å². The Hall–Kier alpha value is -1.33. The molecule has 1 aromatic heterocycles. The zero-order valence-electron chi connectivity index (χ0n) is 9.10. The van der Waals surface area contributed by atoms with Crippen molar-refractivity contribution in [2.24, 2.45) is 0 Å². The van der Waals surface area contributed by atoms with Crippen molar-refractivity contribution in [1.82, 2.24) is 4.98 Å². The molecule has 7 heteroatoms. The maximum atomic E-state index is 13.9. The van der Waals surface area contributed by atoms with Crippen molar-refractivity contribution in [2.75, 3.05) is 0 Å². The summed E-state index contributed by atoms with van der Waals surface area (Å²) in [5.41, 5.74) is -1.87. The number of halogens is 6. The molecule has 0 unspecified atom stereocenters. The number of benzene rings is 1. The van der Waals surface area contributed by atoms with Crippen LogP contribution in [0.1, 0.15) is 5.56 Å². The number of nitrogens with zero attached hydrogens (tertiary/aromatic N) is 1. The summed E-state index contributed by atoms with van der Waals surface area (Å²) in [7, 11) is 0. The molecule has 0 fully saturated rings. The van der Waals surface area contributed by atoms with Crippen molar-refractivity contribution in [2.45, 2.75) is 6.18 Å². The lowest BCUT2D eigenvalue weighted by molar-refractivity contribution is -0.140. The Morgan fingerprint density at radius 1 is 1.05 bits per heavy atom. The maximum Gasteiger partial charge on any atom is 0.419 e. The molecule has 2 aromatic rings. The first-order valence-corrected chi connectivity index (χ1v) is 5.74. The Morgan fingerprint density at radius 2 is 1.74 bits per heavy atom. The third kappa shape index (κ3) is 2.67. The average molecular weight is 310 g/mol. The van der Waals surface area contributed by atoms with Crippen LogP contribution in [0.4, 0.5) is 17.6 Å². The Balaban J connectivity index is 2.68. The summed E-state index contributed by atoms with van der Waals surface area (Å²) in [6, 6.07) is 4.81. The summed E-state index contributed by atoms with van der Waals surface area (Å²) in [6.45, 7) is 0. The number of pyridine rings is 1. The third-order valence-electron chi connectivity index (χ3n) is 2.40. The Bertz CT molecular complexity index is 626. The zero-order chi connectivity index (χ0) is 14.2. The molecule has 0 N–H and O–H groups in total. The van der Waals surface area contributed by atoms with Crippen LogP contribution in [0.15, 0.2) is 30.5 Å². The molecule has 19 heavy (non-hydrogen) atoms. The van der Waals surface area contributed by atoms with Gasteiger partial charge in [-0.3, -0.25) is 4.98 Å². The van der Waals surface area contributed by atoms with Crippen LogP contribution in [0.25, 0.3) is 11.3 Å². The van der Waals surface area contributed by atoms with Crippen LogP contribution in [0.3, 0.4) is 0 Å². The summed E-state index contributed by atoms with van der Waals surface area (Å²) in [6.07, 6.45) is -3.93. The van der Waals surface area contributed by atoms with Crippen molar-refractivity contribution in [3.63, 3.8) is 0 Å². The molecule has 0 spiro atoms. The van der Waals surface area contributed by atoms with E-state index in [4.69, 9.17) is 23.2 Å². The van der Waals surface area contributed by atoms with Gasteiger partial charge in [-0.05, 0) is 12.1 Å². The van der Waals surface area contributed by atoms with Crippen LogP contribution in [-0.4, -0.2) is 4.98 Å². The molecule has 1 heterocycles. The van der Waals surface area contributed by atoms with E-state index < -0.39 is 23.3 Å². The van der Waals surface area contributed by atoms with E-state index in [1.54, 1.807) is 0 Å². The molecule has 0 aliphatic rings. The van der Waals surface area contributed by atoms with E-state index in [9.17, 15) is 17.6 Å². The summed E-state index contributed by atoms with van der Waals surface area (Å²) >= 11 is 11.6. The first-order chi connectivity index (χ1) is 8.82. The topological polar surface area (TPSA) is 12.9 Å². The quantitative estimate of drug-likeness (QED) is 0.659. The predicted molar refractivity (Wildman–Crippen MR) is 64.7 cm³/mol. The SMILES string of the molecule is Fc1c(C(F)(F)F)ccnc1-c1cccc(Cl)c1Cl. The minimum Gasteiger partial charge on any atom is -0.253 e. The smallest absolute Gasteiger partial charge is 0.253 e. The van der Waals surface area contributed by atoms with Crippen LogP contribution < -0.4 is 0 Å². The summed E-state index contributed by atoms with van der Waals surface area (Å²) in [5.74, 6) is -1.47. The molecule has 0 atom stereocenters. The maximum absolute atomic E-state index is 13.9. The van der Waals surface area contributed by atoms with Crippen LogP contribution in [-0.2, 0) is 6.18 Å². The summed E-state index contributed by atoms with van der Waals surface area (Å²) in [5, 5.41) is 0.0627. The number of hydrogen-bond acceptors (Lipinski definition) is 1. The summed E-state index contributed by atoms with van der Waals surface area (Å²) < 4.78 is 51.7. The Morgan fingerprint density at radius 3 is 2.37 bits per heavy atom. The van der Waals surface area contributed by atoms with Crippen molar-refractivity contribution in [1.29, 1.82) is 0 Å². The van der Waals surface area contributed by atoms with Gasteiger partial charge in [0.2, 0.25) is 0 Å². The first-order valence-electron chi connectivity index (χ1n) is 4.98. The number of hydrogen-bond donors (Lipinski definition) is 0. The van der Waals surface area contributed by atoms with E-state index in [2.05, 4.69) is 4.98 Å². The van der Waals surface area contributed by atoms with Crippen LogP contribution in [0.2, 0.25) is 10.0 Å². The molecule has 0 saturated carbocycles. The number of rotatable bonds is 1. The lowest BCUT2D eigenvalue weighted by Crippen LogP contribution is -2.09. The van der Waals surface area contributed by atoms with Gasteiger partial charge in [0.05, 0.1) is 15.6 Å². The fraction of sp³-hybridized carbons (Fsp3) is 0.0833. The molecular formula is C12H5Cl2F4N. The average Bonchev–Trinajstić information content (AvgIpc) is 2.32. The highest BCUT2D eigenvalue weighted by atomic mass is 35.5. The third-order valence-corrected chi connectivity index (χ3v) is 3.22. The van der Waals surface area contributed by atoms with Gasteiger partial charge in [-0.15, -0.1) is 0 Å². The van der Waals surface area contributed by atoms with Gasteiger partial charge in [-0.2, -0.15) is 13.2 Å². The first kappa shape index (κ1) is 14.1. The lowest BCUT2D eigenvalue weighted by atomic mass is 10.1. The predicted octanol–water partition coefficient (Wildman–Crippen LogP) is 5.21. The van der Waals surface area contributed by atoms with Gasteiger partial charge < -0.3 is 0 Å². The fourth-order valence-corrected chi connectivity index (χ4v) is 1.93. The highest BCUT2D eigenvalue weighted by molar-refractivity contribution is 6.43. The van der Waals surface area contributed by atoms with Crippen molar-refractivity contribution < 1.29 is 17.6 Å². The summed E-state index contributed by atoms with van der Waals surface area (Å²) in [4.78, 5) is 3.61. The number of alkyl halides is 3. The molecule has 0 saturated heterocycles.